The van der Waals surface area contributed by atoms with E-state index < -0.39 is 15.9 Å². The molecule has 14 heteroatoms. The zero-order valence-electron chi connectivity index (χ0n) is 25.9. The highest BCUT2D eigenvalue weighted by Crippen LogP contribution is 2.33. The molecule has 4 aromatic rings. The maximum absolute atomic E-state index is 13.0. The summed E-state index contributed by atoms with van der Waals surface area (Å²) in [6.45, 7) is 9.91. The SMILES string of the molecule is COCC(C)N(C(=O)CCl)c1c(C)csc1C.Cc1ccc(S(=O)(=O)Oc2c(C(=O)c3ccc(Cl)cc3Cl)c(C)nn2C)cc1. The quantitative estimate of drug-likeness (QED) is 0.0963. The third kappa shape index (κ3) is 8.66. The van der Waals surface area contributed by atoms with Crippen LogP contribution in [0, 0.1) is 27.7 Å². The number of carbonyl (C=O) groups is 2. The highest BCUT2D eigenvalue weighted by Gasteiger charge is 2.29. The fourth-order valence-electron chi connectivity index (χ4n) is 4.56. The molecule has 0 aliphatic heterocycles. The number of aryl methyl sites for hydroxylation is 5. The first-order valence-electron chi connectivity index (χ1n) is 13.6. The number of aromatic nitrogens is 2. The normalized spacial score (nSPS) is 11.9. The van der Waals surface area contributed by atoms with Crippen LogP contribution in [0.5, 0.6) is 5.88 Å². The van der Waals surface area contributed by atoms with Crippen LogP contribution in [0.4, 0.5) is 5.69 Å². The summed E-state index contributed by atoms with van der Waals surface area (Å²) in [6.07, 6.45) is 0. The summed E-state index contributed by atoms with van der Waals surface area (Å²) in [6, 6.07) is 10.6. The number of halogens is 3. The number of hydrogen-bond donors (Lipinski definition) is 0. The van der Waals surface area contributed by atoms with Gasteiger partial charge >= 0.3 is 10.1 Å². The Labute approximate surface area is 282 Å². The number of alkyl halides is 1. The molecule has 0 bridgehead atoms. The molecule has 2 aromatic heterocycles. The van der Waals surface area contributed by atoms with E-state index in [0.717, 1.165) is 21.7 Å². The average molecular weight is 715 g/mol. The molecular weight excluding hydrogens is 681 g/mol. The van der Waals surface area contributed by atoms with Gasteiger partial charge in [-0.3, -0.25) is 9.59 Å². The lowest BCUT2D eigenvalue weighted by Crippen LogP contribution is -2.42. The molecule has 1 unspecified atom stereocenters. The smallest absolute Gasteiger partial charge is 0.340 e. The van der Waals surface area contributed by atoms with Crippen LogP contribution in [0.1, 0.15) is 44.5 Å². The predicted octanol–water partition coefficient (Wildman–Crippen LogP) is 7.31. The fraction of sp³-hybridized carbons (Fsp3) is 0.323. The van der Waals surface area contributed by atoms with E-state index in [2.05, 4.69) is 10.5 Å². The predicted molar refractivity (Wildman–Crippen MR) is 180 cm³/mol. The Hall–Kier alpha value is -2.93. The lowest BCUT2D eigenvalue weighted by atomic mass is 10.0. The van der Waals surface area contributed by atoms with Gasteiger partial charge in [-0.2, -0.15) is 13.5 Å². The molecule has 0 saturated carbocycles. The zero-order valence-corrected chi connectivity index (χ0v) is 29.8. The first kappa shape index (κ1) is 36.5. The second-order valence-electron chi connectivity index (χ2n) is 10.2. The van der Waals surface area contributed by atoms with E-state index in [0.29, 0.717) is 17.3 Å². The number of ketones is 1. The summed E-state index contributed by atoms with van der Waals surface area (Å²) < 4.78 is 37.0. The molecular formula is C31H34Cl3N3O6S2. The Bertz CT molecular complexity index is 1770. The maximum Gasteiger partial charge on any atom is 0.340 e. The van der Waals surface area contributed by atoms with Crippen molar-refractivity contribution in [3.8, 4) is 5.88 Å². The maximum atomic E-state index is 13.0. The summed E-state index contributed by atoms with van der Waals surface area (Å²) in [7, 11) is -1.04. The number of amides is 1. The molecule has 0 aliphatic rings. The Morgan fingerprint density at radius 3 is 2.24 bits per heavy atom. The van der Waals surface area contributed by atoms with E-state index in [4.69, 9.17) is 43.7 Å². The second kappa shape index (κ2) is 15.6. The second-order valence-corrected chi connectivity index (χ2v) is 14.0. The minimum Gasteiger partial charge on any atom is -0.383 e. The minimum absolute atomic E-state index is 0.0111. The fourth-order valence-corrected chi connectivity index (χ4v) is 6.98. The van der Waals surface area contributed by atoms with Crippen molar-refractivity contribution in [2.75, 3.05) is 24.5 Å². The molecule has 0 fully saturated rings. The number of nitrogens with zero attached hydrogens (tertiary/aromatic N) is 3. The van der Waals surface area contributed by atoms with Crippen molar-refractivity contribution in [2.24, 2.45) is 7.05 Å². The van der Waals surface area contributed by atoms with Crippen LogP contribution in [0.3, 0.4) is 0 Å². The number of methoxy groups -OCH3 is 1. The molecule has 0 radical (unpaired) electrons. The lowest BCUT2D eigenvalue weighted by Gasteiger charge is -2.29. The summed E-state index contributed by atoms with van der Waals surface area (Å²) in [5.41, 5.74) is 3.48. The highest BCUT2D eigenvalue weighted by atomic mass is 35.5. The largest absolute Gasteiger partial charge is 0.383 e. The van der Waals surface area contributed by atoms with Gasteiger partial charge in [-0.25, -0.2) is 4.68 Å². The molecule has 0 saturated heterocycles. The average Bonchev–Trinajstić information content (AvgIpc) is 3.44. The van der Waals surface area contributed by atoms with Crippen molar-refractivity contribution in [1.29, 1.82) is 0 Å². The highest BCUT2D eigenvalue weighted by molar-refractivity contribution is 7.87. The van der Waals surface area contributed by atoms with Crippen molar-refractivity contribution in [2.45, 2.75) is 45.6 Å². The van der Waals surface area contributed by atoms with Crippen LogP contribution in [-0.2, 0) is 26.7 Å². The van der Waals surface area contributed by atoms with Crippen LogP contribution < -0.4 is 9.08 Å². The number of thiophene rings is 1. The Morgan fingerprint density at radius 1 is 1.07 bits per heavy atom. The van der Waals surface area contributed by atoms with Gasteiger partial charge in [-0.15, -0.1) is 22.9 Å². The molecule has 0 N–H and O–H groups in total. The Morgan fingerprint density at radius 2 is 1.71 bits per heavy atom. The van der Waals surface area contributed by atoms with Gasteiger partial charge in [-0.1, -0.05) is 40.9 Å². The van der Waals surface area contributed by atoms with E-state index in [9.17, 15) is 18.0 Å². The van der Waals surface area contributed by atoms with Crippen LogP contribution in [0.2, 0.25) is 10.0 Å². The number of benzene rings is 2. The molecule has 2 heterocycles. The van der Waals surface area contributed by atoms with Crippen molar-refractivity contribution in [1.82, 2.24) is 9.78 Å². The van der Waals surface area contributed by atoms with Gasteiger partial charge in [0.15, 0.2) is 0 Å². The molecule has 9 nitrogen and oxygen atoms in total. The van der Waals surface area contributed by atoms with Crippen LogP contribution in [0.25, 0.3) is 0 Å². The van der Waals surface area contributed by atoms with Crippen LogP contribution in [-0.4, -0.2) is 55.5 Å². The van der Waals surface area contributed by atoms with Gasteiger partial charge < -0.3 is 13.8 Å². The van der Waals surface area contributed by atoms with Gasteiger partial charge in [0, 0.05) is 29.6 Å². The third-order valence-corrected chi connectivity index (χ3v) is 9.68. The third-order valence-electron chi connectivity index (χ3n) is 6.66. The van der Waals surface area contributed by atoms with E-state index in [1.165, 1.54) is 42.1 Å². The standard InChI is InChI=1S/C19H16Cl2N2O4S.C12H18ClNO2S/c1-11-4-7-14(8-5-11)28(25,26)27-19-17(12(2)22-23(19)3)18(24)15-9-6-13(20)10-16(15)21;1-8-7-17-10(3)12(8)14(11(15)5-13)9(2)6-16-4/h4-10H,1-3H3;7,9H,5-6H2,1-4H3. The number of rotatable bonds is 10. The van der Waals surface area contributed by atoms with Crippen molar-refractivity contribution in [3.63, 3.8) is 0 Å². The van der Waals surface area contributed by atoms with E-state index in [1.54, 1.807) is 42.4 Å². The molecule has 0 aliphatic carbocycles. The van der Waals surface area contributed by atoms with E-state index in [-0.39, 0.29) is 44.8 Å². The minimum atomic E-state index is -4.16. The molecule has 45 heavy (non-hydrogen) atoms. The van der Waals surface area contributed by atoms with Gasteiger partial charge in [-0.05, 0) is 75.9 Å². The molecule has 0 spiro atoms. The lowest BCUT2D eigenvalue weighted by molar-refractivity contribution is -0.116. The van der Waals surface area contributed by atoms with Crippen LogP contribution in [0.15, 0.2) is 52.7 Å². The summed E-state index contributed by atoms with van der Waals surface area (Å²) in [5, 5.41) is 6.71. The summed E-state index contributed by atoms with van der Waals surface area (Å²) >= 11 is 19.4. The van der Waals surface area contributed by atoms with Gasteiger partial charge in [0.1, 0.15) is 16.3 Å². The van der Waals surface area contributed by atoms with Gasteiger partial charge in [0.25, 0.3) is 0 Å². The molecule has 1 amide bonds. The van der Waals surface area contributed by atoms with Gasteiger partial charge in [0.05, 0.1) is 29.1 Å². The molecule has 242 valence electrons. The number of carbonyl (C=O) groups excluding carboxylic acids is 2. The Kier molecular flexibility index (Phi) is 12.6. The number of anilines is 1. The van der Waals surface area contributed by atoms with Crippen molar-refractivity contribution >= 4 is 73.6 Å². The number of hydrogen-bond acceptors (Lipinski definition) is 8. The van der Waals surface area contributed by atoms with E-state index >= 15 is 0 Å². The number of ether oxygens (including phenoxy) is 1. The molecule has 2 aromatic carbocycles. The topological polar surface area (TPSA) is 108 Å². The molecule has 1 atom stereocenters. The van der Waals surface area contributed by atoms with Crippen molar-refractivity contribution < 1.29 is 26.9 Å². The van der Waals surface area contributed by atoms with Crippen LogP contribution >= 0.6 is 46.1 Å². The first-order chi connectivity index (χ1) is 21.1. The van der Waals surface area contributed by atoms with Gasteiger partial charge in [0.2, 0.25) is 17.6 Å². The Balaban J connectivity index is 0.000000279. The molecule has 4 rings (SSSR count). The van der Waals surface area contributed by atoms with E-state index in [1.807, 2.05) is 27.7 Å². The zero-order chi connectivity index (χ0) is 33.6. The van der Waals surface area contributed by atoms with Crippen molar-refractivity contribution in [3.05, 3.63) is 90.7 Å². The summed E-state index contributed by atoms with van der Waals surface area (Å²) in [5.74, 6) is -0.792. The first-order valence-corrected chi connectivity index (χ1v) is 17.2. The summed E-state index contributed by atoms with van der Waals surface area (Å²) in [4.78, 5) is 27.9. The monoisotopic (exact) mass is 713 g/mol.